The Bertz CT molecular complexity index is 749. The number of methoxy groups -OCH3 is 1. The van der Waals surface area contributed by atoms with Gasteiger partial charge in [-0.3, -0.25) is 0 Å². The highest BCUT2D eigenvalue weighted by Gasteiger charge is 2.17. The van der Waals surface area contributed by atoms with E-state index in [1.54, 1.807) is 24.3 Å². The molecule has 0 saturated heterocycles. The number of nitrogen functional groups attached to an aromatic ring is 1. The van der Waals surface area contributed by atoms with Crippen molar-refractivity contribution in [2.24, 2.45) is 11.8 Å². The standard InChI is InChI=1S/C20H29N5O2/c1-13(2)10-25(11-14(3)4)19-17(21)18(22-12-23-19)24-16-8-6-15(7-9-16)20(26)27-5/h6-9,12-14H,10-11,21H2,1-5H3,(H,22,23,24). The predicted octanol–water partition coefficient (Wildman–Crippen LogP) is 3.71. The molecule has 0 fully saturated rings. The van der Waals surface area contributed by atoms with Gasteiger partial charge in [0.15, 0.2) is 11.6 Å². The smallest absolute Gasteiger partial charge is 0.337 e. The van der Waals surface area contributed by atoms with Crippen LogP contribution < -0.4 is 16.0 Å². The molecule has 0 unspecified atom stereocenters. The zero-order valence-electron chi connectivity index (χ0n) is 16.7. The number of hydrogen-bond donors (Lipinski definition) is 2. The van der Waals surface area contributed by atoms with Gasteiger partial charge in [0, 0.05) is 18.8 Å². The van der Waals surface area contributed by atoms with Crippen LogP contribution in [0, 0.1) is 11.8 Å². The van der Waals surface area contributed by atoms with Crippen molar-refractivity contribution < 1.29 is 9.53 Å². The van der Waals surface area contributed by atoms with Gasteiger partial charge in [-0.2, -0.15) is 0 Å². The summed E-state index contributed by atoms with van der Waals surface area (Å²) < 4.78 is 4.71. The highest BCUT2D eigenvalue weighted by Crippen LogP contribution is 2.29. The number of esters is 1. The van der Waals surface area contributed by atoms with Gasteiger partial charge in [0.2, 0.25) is 0 Å². The minimum Gasteiger partial charge on any atom is -0.465 e. The average Bonchev–Trinajstić information content (AvgIpc) is 2.62. The molecule has 0 bridgehead atoms. The van der Waals surface area contributed by atoms with Gasteiger partial charge in [-0.1, -0.05) is 27.7 Å². The number of hydrogen-bond acceptors (Lipinski definition) is 7. The van der Waals surface area contributed by atoms with Gasteiger partial charge in [0.1, 0.15) is 12.0 Å². The molecule has 2 rings (SSSR count). The van der Waals surface area contributed by atoms with E-state index < -0.39 is 0 Å². The van der Waals surface area contributed by atoms with Crippen molar-refractivity contribution in [3.63, 3.8) is 0 Å². The lowest BCUT2D eigenvalue weighted by Gasteiger charge is -2.28. The summed E-state index contributed by atoms with van der Waals surface area (Å²) in [5, 5.41) is 3.20. The number of ether oxygens (including phenoxy) is 1. The van der Waals surface area contributed by atoms with Crippen LogP contribution in [0.2, 0.25) is 0 Å². The maximum absolute atomic E-state index is 11.5. The number of carbonyl (C=O) groups is 1. The van der Waals surface area contributed by atoms with E-state index in [4.69, 9.17) is 10.5 Å². The third kappa shape index (κ3) is 5.57. The molecular weight excluding hydrogens is 342 g/mol. The van der Waals surface area contributed by atoms with Gasteiger partial charge in [-0.15, -0.1) is 0 Å². The van der Waals surface area contributed by atoms with Crippen LogP contribution in [0.5, 0.6) is 0 Å². The monoisotopic (exact) mass is 371 g/mol. The van der Waals surface area contributed by atoms with Crippen LogP contribution in [-0.4, -0.2) is 36.1 Å². The lowest BCUT2D eigenvalue weighted by molar-refractivity contribution is 0.0601. The first-order chi connectivity index (χ1) is 12.8. The van der Waals surface area contributed by atoms with E-state index in [0.29, 0.717) is 28.9 Å². The molecule has 1 aromatic carbocycles. The summed E-state index contributed by atoms with van der Waals surface area (Å²) in [6.45, 7) is 10.4. The lowest BCUT2D eigenvalue weighted by Crippen LogP contribution is -2.32. The minimum atomic E-state index is -0.372. The van der Waals surface area contributed by atoms with Gasteiger partial charge < -0.3 is 20.7 Å². The van der Waals surface area contributed by atoms with E-state index in [0.717, 1.165) is 24.6 Å². The van der Waals surface area contributed by atoms with Crippen LogP contribution in [0.25, 0.3) is 0 Å². The van der Waals surface area contributed by atoms with E-state index in [-0.39, 0.29) is 5.97 Å². The molecule has 1 aromatic heterocycles. The molecular formula is C20H29N5O2. The molecule has 2 aromatic rings. The van der Waals surface area contributed by atoms with Crippen molar-refractivity contribution in [2.75, 3.05) is 36.1 Å². The highest BCUT2D eigenvalue weighted by molar-refractivity contribution is 5.90. The summed E-state index contributed by atoms with van der Waals surface area (Å²) in [6, 6.07) is 6.95. The van der Waals surface area contributed by atoms with Gasteiger partial charge >= 0.3 is 5.97 Å². The van der Waals surface area contributed by atoms with Crippen LogP contribution in [0.4, 0.5) is 23.0 Å². The Labute approximate surface area is 161 Å². The number of nitrogens with one attached hydrogen (secondary N) is 1. The predicted molar refractivity (Wildman–Crippen MR) is 109 cm³/mol. The first-order valence-electron chi connectivity index (χ1n) is 9.12. The van der Waals surface area contributed by atoms with Crippen molar-refractivity contribution in [3.8, 4) is 0 Å². The van der Waals surface area contributed by atoms with Gasteiger partial charge in [0.05, 0.1) is 12.7 Å². The van der Waals surface area contributed by atoms with Crippen molar-refractivity contribution in [3.05, 3.63) is 36.2 Å². The summed E-state index contributed by atoms with van der Waals surface area (Å²) >= 11 is 0. The zero-order valence-corrected chi connectivity index (χ0v) is 16.7. The van der Waals surface area contributed by atoms with Gasteiger partial charge in [-0.05, 0) is 36.1 Å². The molecule has 0 amide bonds. The van der Waals surface area contributed by atoms with Crippen LogP contribution in [-0.2, 0) is 4.74 Å². The van der Waals surface area contributed by atoms with E-state index in [9.17, 15) is 4.79 Å². The van der Waals surface area contributed by atoms with Gasteiger partial charge in [0.25, 0.3) is 0 Å². The molecule has 0 saturated carbocycles. The average molecular weight is 371 g/mol. The molecule has 0 aliphatic carbocycles. The topological polar surface area (TPSA) is 93.4 Å². The second kappa shape index (κ2) is 9.21. The SMILES string of the molecule is COC(=O)c1ccc(Nc2ncnc(N(CC(C)C)CC(C)C)c2N)cc1. The molecule has 0 atom stereocenters. The second-order valence-electron chi connectivity index (χ2n) is 7.35. The lowest BCUT2D eigenvalue weighted by atomic mass is 10.1. The van der Waals surface area contributed by atoms with Crippen molar-refractivity contribution in [1.29, 1.82) is 0 Å². The van der Waals surface area contributed by atoms with Gasteiger partial charge in [-0.25, -0.2) is 14.8 Å². The largest absolute Gasteiger partial charge is 0.465 e. The number of nitrogens with zero attached hydrogens (tertiary/aromatic N) is 3. The number of aromatic nitrogens is 2. The summed E-state index contributed by atoms with van der Waals surface area (Å²) in [7, 11) is 1.36. The zero-order chi connectivity index (χ0) is 20.0. The molecule has 0 radical (unpaired) electrons. The highest BCUT2D eigenvalue weighted by atomic mass is 16.5. The second-order valence-corrected chi connectivity index (χ2v) is 7.35. The maximum atomic E-state index is 11.5. The van der Waals surface area contributed by atoms with Crippen LogP contribution in [0.15, 0.2) is 30.6 Å². The molecule has 0 aliphatic rings. The van der Waals surface area contributed by atoms with E-state index >= 15 is 0 Å². The quantitative estimate of drug-likeness (QED) is 0.683. The summed E-state index contributed by atoms with van der Waals surface area (Å²) in [6.07, 6.45) is 1.52. The molecule has 7 heteroatoms. The third-order valence-electron chi connectivity index (χ3n) is 3.90. The fourth-order valence-corrected chi connectivity index (χ4v) is 2.81. The number of anilines is 4. The molecule has 0 spiro atoms. The normalized spacial score (nSPS) is 10.9. The first-order valence-corrected chi connectivity index (χ1v) is 9.12. The number of benzene rings is 1. The Balaban J connectivity index is 2.25. The minimum absolute atomic E-state index is 0.372. The van der Waals surface area contributed by atoms with E-state index in [1.807, 2.05) is 0 Å². The Morgan fingerprint density at radius 1 is 1.11 bits per heavy atom. The summed E-state index contributed by atoms with van der Waals surface area (Å²) in [5.41, 5.74) is 8.15. The third-order valence-corrected chi connectivity index (χ3v) is 3.90. The fraction of sp³-hybridized carbons (Fsp3) is 0.450. The Morgan fingerprint density at radius 3 is 2.22 bits per heavy atom. The summed E-state index contributed by atoms with van der Waals surface area (Å²) in [4.78, 5) is 22.5. The van der Waals surface area contributed by atoms with Crippen molar-refractivity contribution in [2.45, 2.75) is 27.7 Å². The number of carbonyl (C=O) groups excluding carboxylic acids is 1. The summed E-state index contributed by atoms with van der Waals surface area (Å²) in [5.74, 6) is 1.88. The molecule has 7 nitrogen and oxygen atoms in total. The fourth-order valence-electron chi connectivity index (χ4n) is 2.81. The van der Waals surface area contributed by atoms with E-state index in [2.05, 4.69) is 47.9 Å². The Morgan fingerprint density at radius 2 is 1.70 bits per heavy atom. The molecule has 146 valence electrons. The Hall–Kier alpha value is -2.83. The molecule has 27 heavy (non-hydrogen) atoms. The number of rotatable bonds is 8. The van der Waals surface area contributed by atoms with Crippen LogP contribution >= 0.6 is 0 Å². The molecule has 3 N–H and O–H groups in total. The van der Waals surface area contributed by atoms with Crippen molar-refractivity contribution >= 4 is 29.0 Å². The van der Waals surface area contributed by atoms with E-state index in [1.165, 1.54) is 13.4 Å². The first kappa shape index (κ1) is 20.5. The Kier molecular flexibility index (Phi) is 6.98. The number of nitrogens with two attached hydrogens (primary N) is 1. The maximum Gasteiger partial charge on any atom is 0.337 e. The van der Waals surface area contributed by atoms with Crippen LogP contribution in [0.3, 0.4) is 0 Å². The molecule has 1 heterocycles. The van der Waals surface area contributed by atoms with Crippen LogP contribution in [0.1, 0.15) is 38.1 Å². The van der Waals surface area contributed by atoms with Crippen molar-refractivity contribution in [1.82, 2.24) is 9.97 Å². The molecule has 0 aliphatic heterocycles.